The summed E-state index contributed by atoms with van der Waals surface area (Å²) in [6.07, 6.45) is 2.07. The molecule has 0 atom stereocenters. The molecule has 0 N–H and O–H groups in total. The van der Waals surface area contributed by atoms with Gasteiger partial charge in [0.2, 0.25) is 0 Å². The summed E-state index contributed by atoms with van der Waals surface area (Å²) in [7, 11) is -1.47. The molecule has 1 nitrogen and oxygen atoms in total. The molecule has 0 aliphatic rings. The normalized spacial score (nSPS) is 12.1. The number of unbranched alkanes of at least 4 members (excludes halogenated alkanes) is 1. The van der Waals surface area contributed by atoms with Gasteiger partial charge in [0.05, 0.1) is 0 Å². The monoisotopic (exact) mass is 330 g/mol. The van der Waals surface area contributed by atoms with E-state index in [4.69, 9.17) is 4.43 Å². The van der Waals surface area contributed by atoms with E-state index in [2.05, 4.69) is 54.4 Å². The average Bonchev–Trinajstić information content (AvgIpc) is 2.06. The van der Waals surface area contributed by atoms with Crippen LogP contribution in [0.4, 0.5) is 0 Å². The van der Waals surface area contributed by atoms with Crippen LogP contribution in [0.2, 0.25) is 18.1 Å². The van der Waals surface area contributed by atoms with E-state index < -0.39 is 8.32 Å². The molecule has 0 heterocycles. The number of rotatable bonds is 4. The van der Waals surface area contributed by atoms with Crippen LogP contribution in [0, 0.1) is 6.92 Å². The third-order valence-corrected chi connectivity index (χ3v) is 7.20. The Morgan fingerprint density at radius 1 is 1.29 bits per heavy atom. The van der Waals surface area contributed by atoms with Crippen molar-refractivity contribution < 1.29 is 20.8 Å². The van der Waals surface area contributed by atoms with Gasteiger partial charge in [0.25, 0.3) is 0 Å². The van der Waals surface area contributed by atoms with Crippen molar-refractivity contribution in [2.75, 3.05) is 6.61 Å². The summed E-state index contributed by atoms with van der Waals surface area (Å²) in [4.78, 5) is 0. The summed E-state index contributed by atoms with van der Waals surface area (Å²) >= 11 is 4.25. The third kappa shape index (κ3) is 7.56. The Hall–Kier alpha value is 1.28. The first-order valence-electron chi connectivity index (χ1n) is 5.01. The van der Waals surface area contributed by atoms with Crippen LogP contribution >= 0.6 is 13.6 Å². The van der Waals surface area contributed by atoms with Crippen molar-refractivity contribution in [3.63, 3.8) is 0 Å². The van der Waals surface area contributed by atoms with Crippen molar-refractivity contribution in [3.05, 3.63) is 6.92 Å². The van der Waals surface area contributed by atoms with Crippen molar-refractivity contribution in [1.82, 2.24) is 0 Å². The first kappa shape index (κ1) is 17.7. The van der Waals surface area contributed by atoms with Gasteiger partial charge in [-0.1, -0.05) is 27.2 Å². The molecular formula is C10H23BrOSiZn. The Morgan fingerprint density at radius 3 is 2.00 bits per heavy atom. The zero-order chi connectivity index (χ0) is 11.8. The minimum absolute atomic E-state index is 0.341. The molecule has 0 unspecified atom stereocenters. The van der Waals surface area contributed by atoms with E-state index in [0.717, 1.165) is 19.4 Å². The van der Waals surface area contributed by atoms with Gasteiger partial charge < -0.3 is 11.3 Å². The summed E-state index contributed by atoms with van der Waals surface area (Å²) in [5.74, 6) is 0. The summed E-state index contributed by atoms with van der Waals surface area (Å²) in [5.41, 5.74) is 0. The van der Waals surface area contributed by atoms with Crippen LogP contribution in [0.25, 0.3) is 0 Å². The quantitative estimate of drug-likeness (QED) is 0.419. The molecular weight excluding hydrogens is 309 g/mol. The molecule has 14 heavy (non-hydrogen) atoms. The maximum atomic E-state index is 5.93. The first-order chi connectivity index (χ1) is 6.31. The topological polar surface area (TPSA) is 9.23 Å². The number of hydrogen-bond donors (Lipinski definition) is 0. The van der Waals surface area contributed by atoms with Gasteiger partial charge in [0, 0.05) is 6.61 Å². The van der Waals surface area contributed by atoms with E-state index in [0.29, 0.717) is 5.04 Å². The zero-order valence-corrected chi connectivity index (χ0v) is 15.9. The molecule has 0 radical (unpaired) electrons. The van der Waals surface area contributed by atoms with Gasteiger partial charge in [-0.2, -0.15) is 6.42 Å². The van der Waals surface area contributed by atoms with Crippen molar-refractivity contribution in [2.45, 2.75) is 51.7 Å². The fourth-order valence-electron chi connectivity index (χ4n) is 0.646. The van der Waals surface area contributed by atoms with E-state index in [9.17, 15) is 0 Å². The molecule has 0 aliphatic carbocycles. The molecule has 0 aliphatic heterocycles. The Bertz CT molecular complexity index is 135. The fourth-order valence-corrected chi connectivity index (χ4v) is 1.73. The summed E-state index contributed by atoms with van der Waals surface area (Å²) in [5, 5.41) is 0.341. The molecule has 0 aromatic carbocycles. The SMILES string of the molecule is [CH2-]CCCO[Si](C)(C)C(C)(C)C.[Zn+][Br]. The van der Waals surface area contributed by atoms with Crippen LogP contribution in [0.3, 0.4) is 0 Å². The van der Waals surface area contributed by atoms with Crippen LogP contribution in [-0.2, 0) is 20.8 Å². The molecule has 0 fully saturated rings. The van der Waals surface area contributed by atoms with Crippen LogP contribution < -0.4 is 0 Å². The van der Waals surface area contributed by atoms with Crippen molar-refractivity contribution in [3.8, 4) is 0 Å². The predicted octanol–water partition coefficient (Wildman–Crippen LogP) is 4.47. The molecule has 0 saturated carbocycles. The maximum absolute atomic E-state index is 5.93. The molecule has 0 aromatic rings. The molecule has 0 rings (SSSR count). The van der Waals surface area contributed by atoms with Crippen LogP contribution in [0.5, 0.6) is 0 Å². The fraction of sp³-hybridized carbons (Fsp3) is 0.900. The number of halogens is 1. The summed E-state index contributed by atoms with van der Waals surface area (Å²) in [6, 6.07) is 0. The molecule has 0 amide bonds. The molecule has 0 saturated heterocycles. The van der Waals surface area contributed by atoms with E-state index in [1.54, 1.807) is 0 Å². The van der Waals surface area contributed by atoms with Gasteiger partial charge in [-0.3, -0.25) is 0 Å². The minimum atomic E-state index is -1.47. The Kier molecular flexibility index (Phi) is 10.6. The second-order valence-corrected chi connectivity index (χ2v) is 9.63. The van der Waals surface area contributed by atoms with Gasteiger partial charge in [-0.25, -0.2) is 0 Å². The Balaban J connectivity index is 0. The van der Waals surface area contributed by atoms with Crippen molar-refractivity contribution >= 4 is 21.9 Å². The Labute approximate surface area is 108 Å². The molecule has 4 heteroatoms. The van der Waals surface area contributed by atoms with Gasteiger partial charge in [0.1, 0.15) is 0 Å². The molecule has 0 spiro atoms. The van der Waals surface area contributed by atoms with Crippen molar-refractivity contribution in [2.24, 2.45) is 0 Å². The summed E-state index contributed by atoms with van der Waals surface area (Å²) in [6.45, 7) is 16.1. The standard InChI is InChI=1S/C10H23OSi.BrH.Zn/c1-7-8-9-11-12(5,6)10(2,3)4;;/h1,7-9H2,2-6H3;1H;/q-1;;+2/p-1. The Morgan fingerprint density at radius 2 is 1.71 bits per heavy atom. The second kappa shape index (κ2) is 8.43. The van der Waals surface area contributed by atoms with E-state index >= 15 is 0 Å². The van der Waals surface area contributed by atoms with Gasteiger partial charge in [-0.15, -0.1) is 0 Å². The van der Waals surface area contributed by atoms with Crippen LogP contribution in [-0.4, -0.2) is 14.9 Å². The predicted molar refractivity (Wildman–Crippen MR) is 66.7 cm³/mol. The van der Waals surface area contributed by atoms with Crippen LogP contribution in [0.1, 0.15) is 33.6 Å². The van der Waals surface area contributed by atoms with E-state index in [-0.39, 0.29) is 0 Å². The van der Waals surface area contributed by atoms with Gasteiger partial charge in [-0.05, 0) is 18.1 Å². The van der Waals surface area contributed by atoms with Crippen molar-refractivity contribution in [1.29, 1.82) is 0 Å². The molecule has 0 bridgehead atoms. The average molecular weight is 333 g/mol. The zero-order valence-electron chi connectivity index (χ0n) is 10.3. The first-order valence-corrected chi connectivity index (χ1v) is 14.9. The van der Waals surface area contributed by atoms with Crippen LogP contribution in [0.15, 0.2) is 0 Å². The summed E-state index contributed by atoms with van der Waals surface area (Å²) < 4.78 is 5.93. The third-order valence-electron chi connectivity index (χ3n) is 2.66. The molecule has 0 aromatic heterocycles. The molecule has 82 valence electrons. The van der Waals surface area contributed by atoms with E-state index in [1.807, 2.05) is 0 Å². The second-order valence-electron chi connectivity index (χ2n) is 4.82. The van der Waals surface area contributed by atoms with Gasteiger partial charge in [0.15, 0.2) is 8.32 Å². The van der Waals surface area contributed by atoms with Gasteiger partial charge >= 0.3 is 30.0 Å². The van der Waals surface area contributed by atoms with E-state index in [1.165, 1.54) is 16.3 Å². The number of hydrogen-bond acceptors (Lipinski definition) is 1.